The third-order valence-electron chi connectivity index (χ3n) is 4.42. The second-order valence-corrected chi connectivity index (χ2v) is 6.53. The number of fused-ring (bicyclic) bond motifs is 1. The number of hydrogen-bond donors (Lipinski definition) is 1. The maximum absolute atomic E-state index is 4.73. The lowest BCUT2D eigenvalue weighted by Crippen LogP contribution is -2.41. The van der Waals surface area contributed by atoms with Crippen molar-refractivity contribution in [3.63, 3.8) is 0 Å². The van der Waals surface area contributed by atoms with Gasteiger partial charge in [0.15, 0.2) is 5.17 Å². The fourth-order valence-corrected chi connectivity index (χ4v) is 4.22. The predicted molar refractivity (Wildman–Crippen MR) is 71.0 cm³/mol. The summed E-state index contributed by atoms with van der Waals surface area (Å²) in [5.41, 5.74) is 0. The summed E-state index contributed by atoms with van der Waals surface area (Å²) in [6.45, 7) is 1.05. The van der Waals surface area contributed by atoms with E-state index in [1.165, 1.54) is 55.9 Å². The van der Waals surface area contributed by atoms with Crippen LogP contribution in [0.25, 0.3) is 0 Å². The minimum atomic E-state index is 0.753. The highest BCUT2D eigenvalue weighted by Gasteiger charge is 2.31. The van der Waals surface area contributed by atoms with Crippen molar-refractivity contribution in [3.05, 3.63) is 0 Å². The molecule has 0 bridgehead atoms. The van der Waals surface area contributed by atoms with Crippen molar-refractivity contribution in [1.29, 1.82) is 0 Å². The minimum Gasteiger partial charge on any atom is -0.362 e. The summed E-state index contributed by atoms with van der Waals surface area (Å²) in [4.78, 5) is 4.73. The zero-order valence-corrected chi connectivity index (χ0v) is 10.8. The number of rotatable bonds is 3. The predicted octanol–water partition coefficient (Wildman–Crippen LogP) is 3.04. The molecule has 3 heteroatoms. The molecule has 0 spiro atoms. The SMILES string of the molecule is C1CC(CCN=C2NC3CCCC3CS2)C1. The van der Waals surface area contributed by atoms with Crippen LogP contribution in [-0.2, 0) is 0 Å². The fourth-order valence-electron chi connectivity index (χ4n) is 3.03. The molecule has 0 aromatic heterocycles. The number of thioether (sulfide) groups is 1. The Morgan fingerprint density at radius 3 is 2.88 bits per heavy atom. The first kappa shape index (κ1) is 10.9. The molecule has 1 aliphatic heterocycles. The monoisotopic (exact) mass is 238 g/mol. The van der Waals surface area contributed by atoms with E-state index in [0.29, 0.717) is 0 Å². The normalized spacial score (nSPS) is 36.9. The lowest BCUT2D eigenvalue weighted by atomic mass is 9.83. The average molecular weight is 238 g/mol. The Labute approximate surface area is 103 Å². The summed E-state index contributed by atoms with van der Waals surface area (Å²) in [5, 5.41) is 4.88. The first-order chi connectivity index (χ1) is 7.92. The van der Waals surface area contributed by atoms with E-state index in [-0.39, 0.29) is 0 Å². The molecule has 90 valence electrons. The largest absolute Gasteiger partial charge is 0.362 e. The van der Waals surface area contributed by atoms with Crippen LogP contribution in [0.3, 0.4) is 0 Å². The topological polar surface area (TPSA) is 24.4 Å². The highest BCUT2D eigenvalue weighted by molar-refractivity contribution is 8.13. The Hall–Kier alpha value is -0.180. The smallest absolute Gasteiger partial charge is 0.156 e. The van der Waals surface area contributed by atoms with Gasteiger partial charge in [-0.2, -0.15) is 0 Å². The van der Waals surface area contributed by atoms with Gasteiger partial charge in [-0.3, -0.25) is 4.99 Å². The van der Waals surface area contributed by atoms with Crippen molar-refractivity contribution < 1.29 is 0 Å². The van der Waals surface area contributed by atoms with Crippen molar-refractivity contribution in [2.24, 2.45) is 16.8 Å². The highest BCUT2D eigenvalue weighted by Crippen LogP contribution is 2.33. The molecule has 3 rings (SSSR count). The third-order valence-corrected chi connectivity index (χ3v) is 5.53. The van der Waals surface area contributed by atoms with E-state index in [1.807, 2.05) is 11.8 Å². The Morgan fingerprint density at radius 2 is 2.06 bits per heavy atom. The number of nitrogens with zero attached hydrogens (tertiary/aromatic N) is 1. The summed E-state index contributed by atoms with van der Waals surface area (Å²) in [6.07, 6.45) is 9.90. The molecule has 0 radical (unpaired) electrons. The summed E-state index contributed by atoms with van der Waals surface area (Å²) < 4.78 is 0. The van der Waals surface area contributed by atoms with Crippen LogP contribution in [0.1, 0.15) is 44.9 Å². The van der Waals surface area contributed by atoms with Gasteiger partial charge in [-0.05, 0) is 31.1 Å². The molecule has 2 nitrogen and oxygen atoms in total. The van der Waals surface area contributed by atoms with Crippen molar-refractivity contribution >= 4 is 16.9 Å². The van der Waals surface area contributed by atoms with E-state index in [4.69, 9.17) is 4.99 Å². The van der Waals surface area contributed by atoms with Gasteiger partial charge >= 0.3 is 0 Å². The molecule has 0 aromatic rings. The minimum absolute atomic E-state index is 0.753. The van der Waals surface area contributed by atoms with Crippen LogP contribution in [0, 0.1) is 11.8 Å². The molecular weight excluding hydrogens is 216 g/mol. The summed E-state index contributed by atoms with van der Waals surface area (Å²) in [5.74, 6) is 3.23. The summed E-state index contributed by atoms with van der Waals surface area (Å²) >= 11 is 1.96. The van der Waals surface area contributed by atoms with Crippen molar-refractivity contribution in [2.45, 2.75) is 51.0 Å². The van der Waals surface area contributed by atoms with Crippen LogP contribution < -0.4 is 5.32 Å². The molecule has 1 N–H and O–H groups in total. The van der Waals surface area contributed by atoms with Crippen LogP contribution in [0.15, 0.2) is 4.99 Å². The van der Waals surface area contributed by atoms with Gasteiger partial charge in [0.1, 0.15) is 0 Å². The van der Waals surface area contributed by atoms with Gasteiger partial charge in [0.25, 0.3) is 0 Å². The first-order valence-electron chi connectivity index (χ1n) is 6.85. The molecule has 1 saturated heterocycles. The van der Waals surface area contributed by atoms with Gasteiger partial charge in [-0.25, -0.2) is 0 Å². The van der Waals surface area contributed by atoms with Crippen molar-refractivity contribution in [1.82, 2.24) is 5.32 Å². The van der Waals surface area contributed by atoms with Gasteiger partial charge < -0.3 is 5.32 Å². The molecule has 3 aliphatic rings. The van der Waals surface area contributed by atoms with E-state index < -0.39 is 0 Å². The molecule has 0 amide bonds. The van der Waals surface area contributed by atoms with Crippen LogP contribution in [0.2, 0.25) is 0 Å². The Morgan fingerprint density at radius 1 is 1.19 bits per heavy atom. The molecule has 16 heavy (non-hydrogen) atoms. The Balaban J connectivity index is 1.45. The van der Waals surface area contributed by atoms with E-state index in [2.05, 4.69) is 5.32 Å². The maximum atomic E-state index is 4.73. The van der Waals surface area contributed by atoms with Gasteiger partial charge in [0.2, 0.25) is 0 Å². The van der Waals surface area contributed by atoms with Crippen LogP contribution in [0.4, 0.5) is 0 Å². The lowest BCUT2D eigenvalue weighted by molar-refractivity contribution is 0.300. The lowest BCUT2D eigenvalue weighted by Gasteiger charge is -2.28. The number of hydrogen-bond acceptors (Lipinski definition) is 2. The first-order valence-corrected chi connectivity index (χ1v) is 7.84. The molecule has 1 heterocycles. The van der Waals surface area contributed by atoms with Gasteiger partial charge in [0.05, 0.1) is 0 Å². The number of aliphatic imine (C=N–C) groups is 1. The van der Waals surface area contributed by atoms with E-state index in [1.54, 1.807) is 0 Å². The summed E-state index contributed by atoms with van der Waals surface area (Å²) in [6, 6.07) is 0.753. The third kappa shape index (κ3) is 2.39. The molecule has 2 aliphatic carbocycles. The van der Waals surface area contributed by atoms with Gasteiger partial charge in [-0.15, -0.1) is 0 Å². The van der Waals surface area contributed by atoms with E-state index in [9.17, 15) is 0 Å². The van der Waals surface area contributed by atoms with Crippen LogP contribution >= 0.6 is 11.8 Å². The zero-order chi connectivity index (χ0) is 10.8. The quantitative estimate of drug-likeness (QED) is 0.817. The van der Waals surface area contributed by atoms with E-state index in [0.717, 1.165) is 24.4 Å². The Kier molecular flexibility index (Phi) is 3.41. The average Bonchev–Trinajstić information content (AvgIpc) is 2.68. The number of amidine groups is 1. The van der Waals surface area contributed by atoms with E-state index >= 15 is 0 Å². The maximum Gasteiger partial charge on any atom is 0.156 e. The number of nitrogens with one attached hydrogen (secondary N) is 1. The second-order valence-electron chi connectivity index (χ2n) is 5.53. The standard InChI is InChI=1S/C13H22N2S/c1-3-10(4-1)7-8-14-13-15-12-6-2-5-11(12)9-16-13/h10-12H,1-9H2,(H,14,15). The summed E-state index contributed by atoms with van der Waals surface area (Å²) in [7, 11) is 0. The van der Waals surface area contributed by atoms with Gasteiger partial charge in [-0.1, -0.05) is 37.4 Å². The molecule has 2 atom stereocenters. The fraction of sp³-hybridized carbons (Fsp3) is 0.923. The zero-order valence-electron chi connectivity index (χ0n) is 9.95. The molecular formula is C13H22N2S. The molecule has 2 unspecified atom stereocenters. The molecule has 2 saturated carbocycles. The van der Waals surface area contributed by atoms with Crippen molar-refractivity contribution in [3.8, 4) is 0 Å². The second kappa shape index (κ2) is 4.99. The van der Waals surface area contributed by atoms with Crippen LogP contribution in [-0.4, -0.2) is 23.5 Å². The molecule has 0 aromatic carbocycles. The Bertz CT molecular complexity index is 273. The van der Waals surface area contributed by atoms with Gasteiger partial charge in [0, 0.05) is 18.3 Å². The van der Waals surface area contributed by atoms with Crippen molar-refractivity contribution in [2.75, 3.05) is 12.3 Å². The molecule has 3 fully saturated rings. The van der Waals surface area contributed by atoms with Crippen LogP contribution in [0.5, 0.6) is 0 Å². The highest BCUT2D eigenvalue weighted by atomic mass is 32.2.